The van der Waals surface area contributed by atoms with Crippen molar-refractivity contribution in [3.05, 3.63) is 81.6 Å². The van der Waals surface area contributed by atoms with Gasteiger partial charge in [0.15, 0.2) is 5.78 Å². The van der Waals surface area contributed by atoms with Gasteiger partial charge in [-0.15, -0.1) is 16.4 Å². The van der Waals surface area contributed by atoms with Crippen molar-refractivity contribution < 1.29 is 18.0 Å². The predicted molar refractivity (Wildman–Crippen MR) is 136 cm³/mol. The van der Waals surface area contributed by atoms with Crippen LogP contribution in [0, 0.1) is 13.8 Å². The third kappa shape index (κ3) is 5.80. The minimum atomic E-state index is -4.52. The van der Waals surface area contributed by atoms with Gasteiger partial charge in [-0.1, -0.05) is 17.3 Å². The van der Waals surface area contributed by atoms with Crippen molar-refractivity contribution in [3.63, 3.8) is 0 Å². The number of alkyl halides is 3. The Kier molecular flexibility index (Phi) is 6.96. The summed E-state index contributed by atoms with van der Waals surface area (Å²) in [4.78, 5) is 20.5. The van der Waals surface area contributed by atoms with Crippen LogP contribution < -0.4 is 0 Å². The quantitative estimate of drug-likeness (QED) is 0.275. The van der Waals surface area contributed by atoms with Gasteiger partial charge < -0.3 is 0 Å². The van der Waals surface area contributed by atoms with E-state index in [0.717, 1.165) is 59.2 Å². The number of thiazole rings is 1. The van der Waals surface area contributed by atoms with Crippen LogP contribution in [0.3, 0.4) is 0 Å². The molecule has 0 N–H and O–H groups in total. The molecule has 2 aromatic heterocycles. The van der Waals surface area contributed by atoms with Gasteiger partial charge in [0.25, 0.3) is 0 Å². The van der Waals surface area contributed by atoms with Crippen molar-refractivity contribution >= 4 is 17.1 Å². The van der Waals surface area contributed by atoms with Crippen molar-refractivity contribution in [2.45, 2.75) is 45.8 Å². The Labute approximate surface area is 216 Å². The fourth-order valence-electron chi connectivity index (χ4n) is 4.58. The van der Waals surface area contributed by atoms with Crippen molar-refractivity contribution in [1.29, 1.82) is 0 Å². The van der Waals surface area contributed by atoms with Gasteiger partial charge in [-0.3, -0.25) is 9.69 Å². The summed E-state index contributed by atoms with van der Waals surface area (Å²) >= 11 is 1.52. The van der Waals surface area contributed by atoms with Crippen LogP contribution in [0.2, 0.25) is 0 Å². The molecule has 0 atom stereocenters. The maximum atomic E-state index is 13.6. The summed E-state index contributed by atoms with van der Waals surface area (Å²) in [6.45, 7) is 5.98. The molecule has 2 aromatic carbocycles. The van der Waals surface area contributed by atoms with Crippen LogP contribution in [-0.4, -0.2) is 43.8 Å². The van der Waals surface area contributed by atoms with Crippen molar-refractivity contribution in [1.82, 2.24) is 24.9 Å². The minimum Gasteiger partial charge on any atom is -0.299 e. The largest absolute Gasteiger partial charge is 0.416 e. The molecule has 6 nitrogen and oxygen atoms in total. The maximum absolute atomic E-state index is 13.6. The van der Waals surface area contributed by atoms with Gasteiger partial charge in [0, 0.05) is 24.7 Å². The van der Waals surface area contributed by atoms with Gasteiger partial charge in [0.2, 0.25) is 0 Å². The second kappa shape index (κ2) is 10.2. The Bertz CT molecular complexity index is 1440. The van der Waals surface area contributed by atoms with Gasteiger partial charge in [-0.25, -0.2) is 9.67 Å². The zero-order valence-corrected chi connectivity index (χ0v) is 21.4. The van der Waals surface area contributed by atoms with Crippen LogP contribution in [0.1, 0.15) is 50.5 Å². The average molecular weight is 526 g/mol. The summed E-state index contributed by atoms with van der Waals surface area (Å²) in [7, 11) is 0. The monoisotopic (exact) mass is 525 g/mol. The number of likely N-dealkylation sites (tertiary alicyclic amines) is 1. The van der Waals surface area contributed by atoms with Crippen molar-refractivity contribution in [2.24, 2.45) is 0 Å². The highest BCUT2D eigenvalue weighted by Crippen LogP contribution is 2.32. The molecule has 0 saturated carbocycles. The molecule has 0 bridgehead atoms. The second-order valence-corrected chi connectivity index (χ2v) is 10.6. The predicted octanol–water partition coefficient (Wildman–Crippen LogP) is 6.05. The first-order valence-electron chi connectivity index (χ1n) is 12.1. The first-order valence-corrected chi connectivity index (χ1v) is 12.9. The van der Waals surface area contributed by atoms with E-state index in [9.17, 15) is 18.0 Å². The lowest BCUT2D eigenvalue weighted by Crippen LogP contribution is -2.19. The molecule has 37 heavy (non-hydrogen) atoms. The number of hydrogen-bond acceptors (Lipinski definition) is 6. The van der Waals surface area contributed by atoms with Crippen LogP contribution in [0.15, 0.2) is 48.8 Å². The van der Waals surface area contributed by atoms with E-state index in [1.54, 1.807) is 23.1 Å². The van der Waals surface area contributed by atoms with Crippen molar-refractivity contribution in [3.8, 4) is 16.3 Å². The fourth-order valence-corrected chi connectivity index (χ4v) is 5.31. The van der Waals surface area contributed by atoms with E-state index in [0.29, 0.717) is 23.4 Å². The number of aryl methyl sites for hydroxylation is 2. The molecule has 0 radical (unpaired) electrons. The number of benzene rings is 2. The standard InChI is InChI=1S/C27H26F3N5OS/c1-17-5-6-19(11-24(17)35-16-23(32-33-35)26-14-31-18(2)37-26)12-25(36)21-9-20(15-34-7-3-4-8-34)10-22(13-21)27(28,29)30/h5-6,9-11,13-14,16H,3-4,7-8,12,15H2,1-2H3. The van der Waals surface area contributed by atoms with Crippen LogP contribution in [0.25, 0.3) is 16.3 Å². The van der Waals surface area contributed by atoms with Gasteiger partial charge in [-0.05, 0) is 80.7 Å². The Morgan fingerprint density at radius 3 is 2.54 bits per heavy atom. The Balaban J connectivity index is 1.40. The van der Waals surface area contributed by atoms with Crippen LogP contribution >= 0.6 is 11.3 Å². The number of ketones is 1. The summed E-state index contributed by atoms with van der Waals surface area (Å²) in [5.74, 6) is -0.358. The van der Waals surface area contributed by atoms with Crippen molar-refractivity contribution in [2.75, 3.05) is 13.1 Å². The molecule has 0 aliphatic carbocycles. The molecule has 1 aliphatic heterocycles. The van der Waals surface area contributed by atoms with E-state index < -0.39 is 11.7 Å². The van der Waals surface area contributed by atoms with Gasteiger partial charge in [-0.2, -0.15) is 13.2 Å². The lowest BCUT2D eigenvalue weighted by Gasteiger charge is -2.17. The van der Waals surface area contributed by atoms with Gasteiger partial charge in [0.1, 0.15) is 5.69 Å². The minimum absolute atomic E-state index is 0.0205. The summed E-state index contributed by atoms with van der Waals surface area (Å²) in [6, 6.07) is 9.26. The number of Topliss-reactive ketones (excluding diaryl/α,β-unsaturated/α-hetero) is 1. The van der Waals surface area contributed by atoms with Crippen LogP contribution in [0.5, 0.6) is 0 Å². The molecule has 5 rings (SSSR count). The van der Waals surface area contributed by atoms with E-state index >= 15 is 0 Å². The third-order valence-corrected chi connectivity index (χ3v) is 7.43. The highest BCUT2D eigenvalue weighted by molar-refractivity contribution is 7.15. The van der Waals surface area contributed by atoms with E-state index in [4.69, 9.17) is 0 Å². The Morgan fingerprint density at radius 1 is 1.05 bits per heavy atom. The summed E-state index contributed by atoms with van der Waals surface area (Å²) < 4.78 is 42.5. The zero-order valence-electron chi connectivity index (χ0n) is 20.5. The highest BCUT2D eigenvalue weighted by atomic mass is 32.1. The summed E-state index contributed by atoms with van der Waals surface area (Å²) in [6.07, 6.45) is 1.10. The fraction of sp³-hybridized carbons (Fsp3) is 0.333. The lowest BCUT2D eigenvalue weighted by atomic mass is 9.97. The number of nitrogens with zero attached hydrogens (tertiary/aromatic N) is 5. The number of hydrogen-bond donors (Lipinski definition) is 0. The normalized spacial score (nSPS) is 14.4. The first-order chi connectivity index (χ1) is 17.7. The highest BCUT2D eigenvalue weighted by Gasteiger charge is 2.32. The van der Waals surface area contributed by atoms with Crippen LogP contribution in [-0.2, 0) is 19.1 Å². The van der Waals surface area contributed by atoms with Gasteiger partial charge >= 0.3 is 6.18 Å². The number of halogens is 3. The lowest BCUT2D eigenvalue weighted by molar-refractivity contribution is -0.137. The molecule has 3 heterocycles. The second-order valence-electron chi connectivity index (χ2n) is 9.41. The maximum Gasteiger partial charge on any atom is 0.416 e. The number of rotatable bonds is 7. The molecule has 0 spiro atoms. The molecule has 10 heteroatoms. The summed E-state index contributed by atoms with van der Waals surface area (Å²) in [5, 5.41) is 9.42. The van der Waals surface area contributed by atoms with E-state index in [1.165, 1.54) is 11.3 Å². The molecular weight excluding hydrogens is 499 g/mol. The van der Waals surface area contributed by atoms with Crippen LogP contribution in [0.4, 0.5) is 13.2 Å². The molecule has 192 valence electrons. The number of carbonyl (C=O) groups is 1. The Morgan fingerprint density at radius 2 is 1.84 bits per heavy atom. The van der Waals surface area contributed by atoms with Gasteiger partial charge in [0.05, 0.1) is 27.3 Å². The van der Waals surface area contributed by atoms with E-state index in [1.807, 2.05) is 32.0 Å². The number of carbonyl (C=O) groups excluding carboxylic acids is 1. The molecular formula is C27H26F3N5OS. The molecule has 1 aliphatic rings. The topological polar surface area (TPSA) is 63.9 Å². The molecule has 4 aromatic rings. The number of aromatic nitrogens is 4. The molecule has 1 saturated heterocycles. The molecule has 0 unspecified atom stereocenters. The SMILES string of the molecule is Cc1ncc(-c2cn(-c3cc(CC(=O)c4cc(CN5CCCC5)cc(C(F)(F)F)c4)ccc3C)nn2)s1. The third-order valence-electron chi connectivity index (χ3n) is 6.50. The Hall–Kier alpha value is -3.37. The molecule has 0 amide bonds. The first kappa shape index (κ1) is 25.3. The summed E-state index contributed by atoms with van der Waals surface area (Å²) in [5.41, 5.74) is 2.87. The average Bonchev–Trinajstić information content (AvgIpc) is 3.62. The smallest absolute Gasteiger partial charge is 0.299 e. The zero-order chi connectivity index (χ0) is 26.2. The van der Waals surface area contributed by atoms with E-state index in [-0.39, 0.29) is 17.8 Å². The molecule has 1 fully saturated rings. The van der Waals surface area contributed by atoms with E-state index in [2.05, 4.69) is 20.2 Å².